The fraction of sp³-hybridized carbons (Fsp3) is 0.348. The lowest BCUT2D eigenvalue weighted by atomic mass is 10.1. The highest BCUT2D eigenvalue weighted by Crippen LogP contribution is 2.36. The zero-order chi connectivity index (χ0) is 21.3. The van der Waals surface area contributed by atoms with Gasteiger partial charge in [0, 0.05) is 18.5 Å². The molecule has 2 heterocycles. The number of benzene rings is 2. The Morgan fingerprint density at radius 1 is 1.07 bits per heavy atom. The number of ether oxygens (including phenoxy) is 2. The van der Waals surface area contributed by atoms with Crippen LogP contribution in [-0.4, -0.2) is 35.2 Å². The van der Waals surface area contributed by atoms with Gasteiger partial charge in [0.25, 0.3) is 0 Å². The minimum Gasteiger partial charge on any atom is -0.493 e. The Labute approximate surface area is 175 Å². The van der Waals surface area contributed by atoms with Crippen LogP contribution in [0, 0.1) is 13.8 Å². The quantitative estimate of drug-likeness (QED) is 0.608. The zero-order valence-corrected chi connectivity index (χ0v) is 17.6. The lowest BCUT2D eigenvalue weighted by Gasteiger charge is -2.22. The third-order valence-corrected chi connectivity index (χ3v) is 5.62. The molecule has 0 spiro atoms. The number of hydrogen-bond acceptors (Lipinski definition) is 6. The normalized spacial score (nSPS) is 16.2. The first kappa shape index (κ1) is 19.9. The second kappa shape index (κ2) is 8.18. The number of aryl methyl sites for hydroxylation is 2. The molecule has 2 aromatic carbocycles. The number of nitrogens with zero attached hydrogens (tertiary/aromatic N) is 3. The predicted molar refractivity (Wildman–Crippen MR) is 111 cm³/mol. The van der Waals surface area contributed by atoms with E-state index in [1.54, 1.807) is 26.4 Å². The van der Waals surface area contributed by atoms with Crippen LogP contribution in [0.25, 0.3) is 11.4 Å². The van der Waals surface area contributed by atoms with E-state index >= 15 is 0 Å². The maximum absolute atomic E-state index is 12.6. The molecule has 1 fully saturated rings. The Hall–Kier alpha value is -3.35. The Bertz CT molecular complexity index is 1080. The van der Waals surface area contributed by atoms with Crippen molar-refractivity contribution in [3.63, 3.8) is 0 Å². The molecule has 0 radical (unpaired) electrons. The first-order valence-corrected chi connectivity index (χ1v) is 9.91. The van der Waals surface area contributed by atoms with E-state index < -0.39 is 0 Å². The Balaban J connectivity index is 1.58. The van der Waals surface area contributed by atoms with Crippen molar-refractivity contribution in [2.45, 2.75) is 39.3 Å². The molecule has 30 heavy (non-hydrogen) atoms. The molecule has 1 aromatic heterocycles. The fourth-order valence-electron chi connectivity index (χ4n) is 3.75. The monoisotopic (exact) mass is 407 g/mol. The third kappa shape index (κ3) is 3.75. The lowest BCUT2D eigenvalue weighted by Crippen LogP contribution is -2.27. The average molecular weight is 407 g/mol. The molecule has 1 aliphatic rings. The largest absolute Gasteiger partial charge is 0.493 e. The molecule has 0 bridgehead atoms. The van der Waals surface area contributed by atoms with Crippen molar-refractivity contribution in [1.82, 2.24) is 15.0 Å². The molecule has 0 N–H and O–H groups in total. The van der Waals surface area contributed by atoms with Gasteiger partial charge in [0.05, 0.1) is 14.2 Å². The number of carbonyl (C=O) groups excluding carboxylic acids is 1. The van der Waals surface area contributed by atoms with Crippen molar-refractivity contribution in [2.24, 2.45) is 0 Å². The first-order chi connectivity index (χ1) is 14.5. The van der Waals surface area contributed by atoms with Gasteiger partial charge in [0.15, 0.2) is 11.5 Å². The molecular formula is C23H25N3O4. The smallest absolute Gasteiger partial charge is 0.249 e. The van der Waals surface area contributed by atoms with Crippen LogP contribution in [0.5, 0.6) is 11.5 Å². The molecule has 3 aromatic rings. The summed E-state index contributed by atoms with van der Waals surface area (Å²) in [6, 6.07) is 11.5. The standard InChI is InChI=1S/C23H25N3O4/c1-14-5-6-16(11-15(14)2)13-26-18(8-10-21(26)27)23-24-22(25-30-23)17-7-9-19(28-3)20(12-17)29-4/h5-7,9,11-12,18H,8,10,13H2,1-4H3. The van der Waals surface area contributed by atoms with Crippen LogP contribution >= 0.6 is 0 Å². The van der Waals surface area contributed by atoms with Crippen LogP contribution < -0.4 is 9.47 Å². The minimum absolute atomic E-state index is 0.101. The van der Waals surface area contributed by atoms with Gasteiger partial charge in [0.2, 0.25) is 17.6 Å². The zero-order valence-electron chi connectivity index (χ0n) is 17.6. The number of aromatic nitrogens is 2. The number of likely N-dealkylation sites (tertiary alicyclic amines) is 1. The molecule has 156 valence electrons. The summed E-state index contributed by atoms with van der Waals surface area (Å²) < 4.78 is 16.2. The first-order valence-electron chi connectivity index (χ1n) is 9.91. The van der Waals surface area contributed by atoms with E-state index in [9.17, 15) is 4.79 Å². The number of amides is 1. The molecule has 4 rings (SSSR count). The van der Waals surface area contributed by atoms with Crippen molar-refractivity contribution in [1.29, 1.82) is 0 Å². The topological polar surface area (TPSA) is 77.7 Å². The molecule has 1 saturated heterocycles. The van der Waals surface area contributed by atoms with Gasteiger partial charge in [-0.1, -0.05) is 23.4 Å². The van der Waals surface area contributed by atoms with Crippen LogP contribution in [0.1, 0.15) is 41.5 Å². The van der Waals surface area contributed by atoms with Gasteiger partial charge in [0.1, 0.15) is 6.04 Å². The van der Waals surface area contributed by atoms with Crippen LogP contribution in [-0.2, 0) is 11.3 Å². The Morgan fingerprint density at radius 2 is 1.87 bits per heavy atom. The summed E-state index contributed by atoms with van der Waals surface area (Å²) in [6.45, 7) is 4.69. The van der Waals surface area contributed by atoms with Crippen molar-refractivity contribution >= 4 is 5.91 Å². The van der Waals surface area contributed by atoms with E-state index in [1.165, 1.54) is 11.1 Å². The lowest BCUT2D eigenvalue weighted by molar-refractivity contribution is -0.129. The van der Waals surface area contributed by atoms with Gasteiger partial charge < -0.3 is 18.9 Å². The van der Waals surface area contributed by atoms with Gasteiger partial charge in [-0.3, -0.25) is 4.79 Å². The molecule has 1 atom stereocenters. The molecule has 0 aliphatic carbocycles. The SMILES string of the molecule is COc1ccc(-c2noc(C3CCC(=O)N3Cc3ccc(C)c(C)c3)n2)cc1OC. The molecule has 1 aliphatic heterocycles. The third-order valence-electron chi connectivity index (χ3n) is 5.62. The van der Waals surface area contributed by atoms with E-state index in [0.29, 0.717) is 42.6 Å². The maximum Gasteiger partial charge on any atom is 0.249 e. The second-order valence-corrected chi connectivity index (χ2v) is 7.52. The molecule has 7 nitrogen and oxygen atoms in total. The molecule has 0 saturated carbocycles. The fourth-order valence-corrected chi connectivity index (χ4v) is 3.75. The van der Waals surface area contributed by atoms with Gasteiger partial charge >= 0.3 is 0 Å². The number of methoxy groups -OCH3 is 2. The highest BCUT2D eigenvalue weighted by atomic mass is 16.5. The summed E-state index contributed by atoms with van der Waals surface area (Å²) in [7, 11) is 3.17. The van der Waals surface area contributed by atoms with Crippen LogP contribution in [0.2, 0.25) is 0 Å². The van der Waals surface area contributed by atoms with Gasteiger partial charge in [-0.25, -0.2) is 0 Å². The van der Waals surface area contributed by atoms with Gasteiger partial charge in [-0.2, -0.15) is 4.98 Å². The highest BCUT2D eigenvalue weighted by molar-refractivity contribution is 5.79. The van der Waals surface area contributed by atoms with E-state index in [4.69, 9.17) is 14.0 Å². The molecule has 1 unspecified atom stereocenters. The van der Waals surface area contributed by atoms with Crippen molar-refractivity contribution in [3.05, 3.63) is 59.0 Å². The number of rotatable bonds is 6. The Morgan fingerprint density at radius 3 is 2.60 bits per heavy atom. The number of carbonyl (C=O) groups is 1. The van der Waals surface area contributed by atoms with Gasteiger partial charge in [-0.15, -0.1) is 0 Å². The van der Waals surface area contributed by atoms with E-state index in [2.05, 4.69) is 42.2 Å². The van der Waals surface area contributed by atoms with Crippen LogP contribution in [0.3, 0.4) is 0 Å². The highest BCUT2D eigenvalue weighted by Gasteiger charge is 2.36. The minimum atomic E-state index is -0.222. The number of hydrogen-bond donors (Lipinski definition) is 0. The van der Waals surface area contributed by atoms with Crippen molar-refractivity contribution < 1.29 is 18.8 Å². The van der Waals surface area contributed by atoms with Crippen molar-refractivity contribution in [2.75, 3.05) is 14.2 Å². The maximum atomic E-state index is 12.6. The molecule has 7 heteroatoms. The summed E-state index contributed by atoms with van der Waals surface area (Å²) in [5.41, 5.74) is 4.30. The summed E-state index contributed by atoms with van der Waals surface area (Å²) >= 11 is 0. The van der Waals surface area contributed by atoms with Crippen LogP contribution in [0.15, 0.2) is 40.9 Å². The van der Waals surface area contributed by atoms with E-state index in [0.717, 1.165) is 11.1 Å². The summed E-state index contributed by atoms with van der Waals surface area (Å²) in [6.07, 6.45) is 1.14. The Kier molecular flexibility index (Phi) is 5.44. The predicted octanol–water partition coefficient (Wildman–Crippen LogP) is 4.23. The second-order valence-electron chi connectivity index (χ2n) is 7.52. The van der Waals surface area contributed by atoms with Gasteiger partial charge in [-0.05, 0) is 55.2 Å². The summed E-state index contributed by atoms with van der Waals surface area (Å²) in [4.78, 5) is 19.0. The summed E-state index contributed by atoms with van der Waals surface area (Å²) in [5, 5.41) is 4.13. The summed E-state index contributed by atoms with van der Waals surface area (Å²) in [5.74, 6) is 2.23. The van der Waals surface area contributed by atoms with E-state index in [1.807, 2.05) is 11.0 Å². The van der Waals surface area contributed by atoms with Crippen LogP contribution in [0.4, 0.5) is 0 Å². The average Bonchev–Trinajstić information content (AvgIpc) is 3.37. The molecule has 1 amide bonds. The van der Waals surface area contributed by atoms with Crippen molar-refractivity contribution in [3.8, 4) is 22.9 Å². The van der Waals surface area contributed by atoms with E-state index in [-0.39, 0.29) is 11.9 Å². The molecular weight excluding hydrogens is 382 g/mol.